The summed E-state index contributed by atoms with van der Waals surface area (Å²) in [5.74, 6) is -0.0900. The fourth-order valence-electron chi connectivity index (χ4n) is 4.21. The van der Waals surface area contributed by atoms with E-state index in [1.165, 1.54) is 30.5 Å². The van der Waals surface area contributed by atoms with Crippen LogP contribution in [0.5, 0.6) is 5.75 Å². The molecular formula is C30H29F4NO. The molecule has 1 heterocycles. The number of alkyl halides is 3. The summed E-state index contributed by atoms with van der Waals surface area (Å²) in [6, 6.07) is 19.9. The van der Waals surface area contributed by atoms with Crippen molar-refractivity contribution in [2.75, 3.05) is 6.61 Å². The number of hydrogen-bond donors (Lipinski definition) is 0. The number of hydrogen-bond acceptors (Lipinski definition) is 2. The number of unbranched alkanes of at least 4 members (excludes halogenated alkanes) is 2. The van der Waals surface area contributed by atoms with E-state index in [0.717, 1.165) is 35.0 Å². The second kappa shape index (κ2) is 11.5. The van der Waals surface area contributed by atoms with Gasteiger partial charge in [-0.25, -0.2) is 4.39 Å². The van der Waals surface area contributed by atoms with E-state index in [-0.39, 0.29) is 11.6 Å². The summed E-state index contributed by atoms with van der Waals surface area (Å²) in [7, 11) is 0. The summed E-state index contributed by atoms with van der Waals surface area (Å²) in [5, 5.41) is 1.37. The predicted octanol–water partition coefficient (Wildman–Crippen LogP) is 8.50. The smallest absolute Gasteiger partial charge is 0.422 e. The Morgan fingerprint density at radius 2 is 1.58 bits per heavy atom. The highest BCUT2D eigenvalue weighted by Crippen LogP contribution is 2.28. The topological polar surface area (TPSA) is 22.1 Å². The van der Waals surface area contributed by atoms with Crippen molar-refractivity contribution in [2.45, 2.75) is 51.6 Å². The van der Waals surface area contributed by atoms with Gasteiger partial charge in [0.05, 0.1) is 5.69 Å². The quantitative estimate of drug-likeness (QED) is 0.163. The number of pyridine rings is 1. The SMILES string of the molecule is CCCCCc1ccc(-c2ccc3c(F)c(CCc4ccc(OCC(F)(F)F)cc4)ccc3c2)nc1. The molecule has 0 N–H and O–H groups in total. The Hall–Kier alpha value is -3.41. The monoisotopic (exact) mass is 495 g/mol. The van der Waals surface area contributed by atoms with Gasteiger partial charge in [0.2, 0.25) is 0 Å². The Morgan fingerprint density at radius 3 is 2.28 bits per heavy atom. The molecule has 0 radical (unpaired) electrons. The third-order valence-corrected chi connectivity index (χ3v) is 6.23. The van der Waals surface area contributed by atoms with Crippen LogP contribution in [0, 0.1) is 5.82 Å². The number of fused-ring (bicyclic) bond motifs is 1. The van der Waals surface area contributed by atoms with Gasteiger partial charge in [-0.3, -0.25) is 4.98 Å². The lowest BCUT2D eigenvalue weighted by Gasteiger charge is -2.11. The van der Waals surface area contributed by atoms with E-state index >= 15 is 4.39 Å². The van der Waals surface area contributed by atoms with Crippen molar-refractivity contribution in [2.24, 2.45) is 0 Å². The predicted molar refractivity (Wildman–Crippen MR) is 136 cm³/mol. The van der Waals surface area contributed by atoms with Crippen LogP contribution in [-0.2, 0) is 19.3 Å². The molecule has 188 valence electrons. The summed E-state index contributed by atoms with van der Waals surface area (Å²) in [5.41, 5.74) is 4.54. The number of aromatic nitrogens is 1. The van der Waals surface area contributed by atoms with Gasteiger partial charge in [0, 0.05) is 17.1 Å². The molecule has 0 aliphatic carbocycles. The first-order valence-corrected chi connectivity index (χ1v) is 12.3. The van der Waals surface area contributed by atoms with Gasteiger partial charge in [-0.2, -0.15) is 13.2 Å². The second-order valence-electron chi connectivity index (χ2n) is 9.03. The minimum atomic E-state index is -4.37. The lowest BCUT2D eigenvalue weighted by Crippen LogP contribution is -2.19. The fourth-order valence-corrected chi connectivity index (χ4v) is 4.21. The maximum atomic E-state index is 15.2. The summed E-state index contributed by atoms with van der Waals surface area (Å²) < 4.78 is 56.8. The molecule has 0 spiro atoms. The number of halogens is 4. The Bertz CT molecular complexity index is 1280. The maximum absolute atomic E-state index is 15.2. The normalized spacial score (nSPS) is 11.7. The van der Waals surface area contributed by atoms with Crippen LogP contribution in [0.25, 0.3) is 22.0 Å². The molecule has 0 amide bonds. The molecule has 2 nitrogen and oxygen atoms in total. The molecule has 3 aromatic carbocycles. The third kappa shape index (κ3) is 6.84. The highest BCUT2D eigenvalue weighted by atomic mass is 19.4. The molecule has 4 rings (SSSR count). The van der Waals surface area contributed by atoms with Crippen molar-refractivity contribution >= 4 is 10.8 Å². The van der Waals surface area contributed by atoms with Crippen LogP contribution >= 0.6 is 0 Å². The maximum Gasteiger partial charge on any atom is 0.422 e. The molecule has 0 aliphatic heterocycles. The highest BCUT2D eigenvalue weighted by Gasteiger charge is 2.28. The lowest BCUT2D eigenvalue weighted by molar-refractivity contribution is -0.153. The van der Waals surface area contributed by atoms with Gasteiger partial charge in [-0.05, 0) is 72.0 Å². The Labute approximate surface area is 209 Å². The number of ether oxygens (including phenoxy) is 1. The summed E-state index contributed by atoms with van der Waals surface area (Å²) in [6.07, 6.45) is 3.20. The molecule has 0 fully saturated rings. The van der Waals surface area contributed by atoms with Crippen molar-refractivity contribution in [3.05, 3.63) is 95.4 Å². The van der Waals surface area contributed by atoms with Gasteiger partial charge < -0.3 is 4.74 Å². The highest BCUT2D eigenvalue weighted by molar-refractivity contribution is 5.88. The van der Waals surface area contributed by atoms with Crippen LogP contribution in [0.1, 0.15) is 42.9 Å². The molecular weight excluding hydrogens is 466 g/mol. The fraction of sp³-hybridized carbons (Fsp3) is 0.300. The Morgan fingerprint density at radius 1 is 0.806 bits per heavy atom. The van der Waals surface area contributed by atoms with E-state index in [9.17, 15) is 13.2 Å². The lowest BCUT2D eigenvalue weighted by atomic mass is 9.98. The van der Waals surface area contributed by atoms with Crippen LogP contribution in [-0.4, -0.2) is 17.8 Å². The van der Waals surface area contributed by atoms with Crippen molar-refractivity contribution in [1.82, 2.24) is 4.98 Å². The molecule has 1 aromatic heterocycles. The molecule has 0 saturated carbocycles. The van der Waals surface area contributed by atoms with Crippen molar-refractivity contribution in [3.8, 4) is 17.0 Å². The molecule has 36 heavy (non-hydrogen) atoms. The van der Waals surface area contributed by atoms with Crippen LogP contribution in [0.2, 0.25) is 0 Å². The zero-order valence-electron chi connectivity index (χ0n) is 20.2. The summed E-state index contributed by atoms with van der Waals surface area (Å²) >= 11 is 0. The molecule has 0 bridgehead atoms. The van der Waals surface area contributed by atoms with Gasteiger partial charge in [-0.1, -0.05) is 62.2 Å². The third-order valence-electron chi connectivity index (χ3n) is 6.23. The Balaban J connectivity index is 1.41. The van der Waals surface area contributed by atoms with Gasteiger partial charge in [0.1, 0.15) is 11.6 Å². The average molecular weight is 496 g/mol. The van der Waals surface area contributed by atoms with E-state index in [4.69, 9.17) is 4.74 Å². The van der Waals surface area contributed by atoms with Crippen molar-refractivity contribution in [1.29, 1.82) is 0 Å². The first kappa shape index (κ1) is 25.7. The van der Waals surface area contributed by atoms with Gasteiger partial charge >= 0.3 is 6.18 Å². The number of nitrogens with zero attached hydrogens (tertiary/aromatic N) is 1. The molecule has 6 heteroatoms. The van der Waals surface area contributed by atoms with E-state index in [1.807, 2.05) is 30.5 Å². The number of aryl methyl sites for hydroxylation is 3. The van der Waals surface area contributed by atoms with Crippen LogP contribution in [0.3, 0.4) is 0 Å². The second-order valence-corrected chi connectivity index (χ2v) is 9.03. The molecule has 0 aliphatic rings. The average Bonchev–Trinajstić information content (AvgIpc) is 2.88. The molecule has 0 unspecified atom stereocenters. The van der Waals surface area contributed by atoms with E-state index < -0.39 is 12.8 Å². The zero-order valence-corrected chi connectivity index (χ0v) is 20.2. The van der Waals surface area contributed by atoms with E-state index in [2.05, 4.69) is 18.0 Å². The molecule has 0 saturated heterocycles. The minimum absolute atomic E-state index is 0.157. The largest absolute Gasteiger partial charge is 0.484 e. The number of rotatable bonds is 10. The summed E-state index contributed by atoms with van der Waals surface area (Å²) in [6.45, 7) is 0.867. The zero-order chi connectivity index (χ0) is 25.5. The van der Waals surface area contributed by atoms with Crippen molar-refractivity contribution < 1.29 is 22.3 Å². The Kier molecular flexibility index (Phi) is 8.24. The van der Waals surface area contributed by atoms with Crippen LogP contribution in [0.4, 0.5) is 17.6 Å². The van der Waals surface area contributed by atoms with Gasteiger partial charge in [-0.15, -0.1) is 0 Å². The van der Waals surface area contributed by atoms with Gasteiger partial charge in [0.25, 0.3) is 0 Å². The molecule has 4 aromatic rings. The number of benzene rings is 3. The standard InChI is InChI=1S/C30H29F4NO/c1-2-3-4-5-22-9-17-28(35-19-22)25-13-16-27-24(18-25)12-11-23(29(27)31)10-6-21-7-14-26(15-8-21)36-20-30(32,33)34/h7-9,11-19H,2-6,10,20H2,1H3. The van der Waals surface area contributed by atoms with E-state index in [1.54, 1.807) is 24.3 Å². The van der Waals surface area contributed by atoms with Crippen LogP contribution < -0.4 is 4.74 Å². The first-order chi connectivity index (χ1) is 17.3. The molecule has 0 atom stereocenters. The van der Waals surface area contributed by atoms with Crippen molar-refractivity contribution in [3.63, 3.8) is 0 Å². The first-order valence-electron chi connectivity index (χ1n) is 12.3. The van der Waals surface area contributed by atoms with Gasteiger partial charge in [0.15, 0.2) is 6.61 Å². The van der Waals surface area contributed by atoms with Crippen LogP contribution in [0.15, 0.2) is 72.9 Å². The summed E-state index contributed by atoms with van der Waals surface area (Å²) in [4.78, 5) is 4.61. The van der Waals surface area contributed by atoms with E-state index in [0.29, 0.717) is 23.8 Å². The minimum Gasteiger partial charge on any atom is -0.484 e.